The van der Waals surface area contributed by atoms with Gasteiger partial charge in [0, 0.05) is 30.9 Å². The number of aliphatic hydroxyl groups excluding tert-OH is 1. The number of hydrogen-bond acceptors (Lipinski definition) is 5. The van der Waals surface area contributed by atoms with Crippen molar-refractivity contribution in [3.63, 3.8) is 0 Å². The van der Waals surface area contributed by atoms with Gasteiger partial charge in [-0.2, -0.15) is 0 Å². The van der Waals surface area contributed by atoms with E-state index in [1.165, 1.54) is 12.1 Å². The first-order valence-electron chi connectivity index (χ1n) is 7.55. The number of carbonyl (C=O) groups is 1. The molecular formula is C15H20N2O5S. The van der Waals surface area contributed by atoms with Crippen LogP contribution in [0.4, 0.5) is 5.69 Å². The molecule has 0 spiro atoms. The van der Waals surface area contributed by atoms with Gasteiger partial charge in [-0.05, 0) is 36.6 Å². The predicted octanol–water partition coefficient (Wildman–Crippen LogP) is 0.249. The molecule has 0 aliphatic carbocycles. The van der Waals surface area contributed by atoms with E-state index < -0.39 is 15.4 Å². The number of benzene rings is 1. The fourth-order valence-corrected chi connectivity index (χ4v) is 4.11. The molecule has 0 bridgehead atoms. The summed E-state index contributed by atoms with van der Waals surface area (Å²) in [5.41, 5.74) is 0.866. The normalized spacial score (nSPS) is 20.1. The zero-order valence-corrected chi connectivity index (χ0v) is 13.5. The molecule has 2 aliphatic rings. The Morgan fingerprint density at radius 1 is 1.30 bits per heavy atom. The maximum atomic E-state index is 12.5. The number of amides is 1. The lowest BCUT2D eigenvalue weighted by atomic mass is 9.81. The molecule has 0 radical (unpaired) electrons. The minimum atomic E-state index is -3.69. The summed E-state index contributed by atoms with van der Waals surface area (Å²) in [6.07, 6.45) is 1.43. The molecule has 0 unspecified atom stereocenters. The highest BCUT2D eigenvalue weighted by Gasteiger charge is 2.33. The van der Waals surface area contributed by atoms with Crippen molar-refractivity contribution in [3.8, 4) is 0 Å². The second-order valence-corrected chi connectivity index (χ2v) is 7.91. The van der Waals surface area contributed by atoms with Gasteiger partial charge in [-0.1, -0.05) is 0 Å². The Bertz CT molecular complexity index is 711. The average molecular weight is 340 g/mol. The third-order valence-corrected chi connectivity index (χ3v) is 5.94. The van der Waals surface area contributed by atoms with Crippen LogP contribution in [0, 0.1) is 5.41 Å². The molecule has 1 aromatic rings. The first-order valence-corrected chi connectivity index (χ1v) is 9.04. The summed E-state index contributed by atoms with van der Waals surface area (Å²) in [5.74, 6) is -0.135. The average Bonchev–Trinajstić information content (AvgIpc) is 2.93. The molecule has 3 rings (SSSR count). The molecule has 1 saturated heterocycles. The van der Waals surface area contributed by atoms with Crippen LogP contribution in [0.25, 0.3) is 0 Å². The van der Waals surface area contributed by atoms with Crippen molar-refractivity contribution in [2.45, 2.75) is 24.2 Å². The summed E-state index contributed by atoms with van der Waals surface area (Å²) < 4.78 is 32.8. The topological polar surface area (TPSA) is 105 Å². The molecular weight excluding hydrogens is 320 g/mol. The van der Waals surface area contributed by atoms with Gasteiger partial charge < -0.3 is 15.2 Å². The van der Waals surface area contributed by atoms with Gasteiger partial charge in [0.1, 0.15) is 0 Å². The number of rotatable bonds is 5. The fraction of sp³-hybridized carbons (Fsp3) is 0.533. The predicted molar refractivity (Wildman–Crippen MR) is 83.5 cm³/mol. The largest absolute Gasteiger partial charge is 0.396 e. The van der Waals surface area contributed by atoms with Crippen molar-refractivity contribution in [2.24, 2.45) is 5.41 Å². The first kappa shape index (κ1) is 16.4. The minimum Gasteiger partial charge on any atom is -0.396 e. The molecule has 23 heavy (non-hydrogen) atoms. The van der Waals surface area contributed by atoms with Crippen LogP contribution in [0.1, 0.15) is 18.4 Å². The molecule has 1 aromatic carbocycles. The van der Waals surface area contributed by atoms with E-state index in [1.807, 2.05) is 0 Å². The lowest BCUT2D eigenvalue weighted by Crippen LogP contribution is -2.43. The van der Waals surface area contributed by atoms with E-state index in [9.17, 15) is 18.3 Å². The van der Waals surface area contributed by atoms with Gasteiger partial charge >= 0.3 is 0 Å². The summed E-state index contributed by atoms with van der Waals surface area (Å²) in [6, 6.07) is 4.60. The Labute approximate surface area is 135 Å². The zero-order chi connectivity index (χ0) is 16.5. The third-order valence-electron chi connectivity index (χ3n) is 4.54. The molecule has 126 valence electrons. The number of nitrogens with one attached hydrogen (secondary N) is 2. The number of hydrogen-bond donors (Lipinski definition) is 3. The van der Waals surface area contributed by atoms with Crippen LogP contribution < -0.4 is 10.0 Å². The third kappa shape index (κ3) is 3.40. The number of ether oxygens (including phenoxy) is 1. The smallest absolute Gasteiger partial charge is 0.240 e. The SMILES string of the molecule is O=C1Cc2cc(S(=O)(=O)NCC3(CO)CCOCC3)ccc2N1. The Kier molecular flexibility index (Phi) is 4.41. The van der Waals surface area contributed by atoms with Gasteiger partial charge in [-0.25, -0.2) is 13.1 Å². The van der Waals surface area contributed by atoms with Gasteiger partial charge in [0.25, 0.3) is 0 Å². The van der Waals surface area contributed by atoms with E-state index in [0.717, 1.165) is 0 Å². The highest BCUT2D eigenvalue weighted by Crippen LogP contribution is 2.30. The quantitative estimate of drug-likeness (QED) is 0.713. The summed E-state index contributed by atoms with van der Waals surface area (Å²) in [7, 11) is -3.69. The van der Waals surface area contributed by atoms with Crippen molar-refractivity contribution < 1.29 is 23.1 Å². The lowest BCUT2D eigenvalue weighted by Gasteiger charge is -2.35. The molecule has 3 N–H and O–H groups in total. The van der Waals surface area contributed by atoms with Crippen molar-refractivity contribution in [1.29, 1.82) is 0 Å². The number of fused-ring (bicyclic) bond motifs is 1. The Morgan fingerprint density at radius 2 is 2.04 bits per heavy atom. The monoisotopic (exact) mass is 340 g/mol. The molecule has 0 atom stereocenters. The van der Waals surface area contributed by atoms with E-state index in [-0.39, 0.29) is 30.4 Å². The van der Waals surface area contributed by atoms with Crippen LogP contribution in [0.2, 0.25) is 0 Å². The Hall–Kier alpha value is -1.48. The Morgan fingerprint density at radius 3 is 2.74 bits per heavy atom. The van der Waals surface area contributed by atoms with Gasteiger partial charge in [-0.3, -0.25) is 4.79 Å². The molecule has 0 aromatic heterocycles. The molecule has 8 heteroatoms. The number of anilines is 1. The lowest BCUT2D eigenvalue weighted by molar-refractivity contribution is -0.115. The fourth-order valence-electron chi connectivity index (χ4n) is 2.90. The standard InChI is InChI=1S/C15H20N2O5S/c18-10-15(3-5-22-6-4-15)9-16-23(20,21)12-1-2-13-11(7-12)8-14(19)17-13/h1-2,7,16,18H,3-6,8-10H2,(H,17,19). The first-order chi connectivity index (χ1) is 10.9. The molecule has 2 heterocycles. The van der Waals surface area contributed by atoms with Crippen molar-refractivity contribution in [2.75, 3.05) is 31.7 Å². The Balaban J connectivity index is 1.74. The summed E-state index contributed by atoms with van der Waals surface area (Å²) in [5, 5.41) is 12.3. The number of sulfonamides is 1. The molecule has 2 aliphatic heterocycles. The molecule has 0 saturated carbocycles. The second kappa shape index (κ2) is 6.20. The molecule has 1 amide bonds. The molecule has 7 nitrogen and oxygen atoms in total. The highest BCUT2D eigenvalue weighted by atomic mass is 32.2. The summed E-state index contributed by atoms with van der Waals surface area (Å²) in [4.78, 5) is 11.5. The highest BCUT2D eigenvalue weighted by molar-refractivity contribution is 7.89. The van der Waals surface area contributed by atoms with Gasteiger partial charge in [-0.15, -0.1) is 0 Å². The summed E-state index contributed by atoms with van der Waals surface area (Å²) in [6.45, 7) is 1.13. The van der Waals surface area contributed by atoms with Crippen LogP contribution in [0.5, 0.6) is 0 Å². The van der Waals surface area contributed by atoms with Crippen LogP contribution in [-0.4, -0.2) is 45.8 Å². The van der Waals surface area contributed by atoms with Crippen LogP contribution >= 0.6 is 0 Å². The number of aliphatic hydroxyl groups is 1. The second-order valence-electron chi connectivity index (χ2n) is 6.14. The van der Waals surface area contributed by atoms with E-state index in [4.69, 9.17) is 4.74 Å². The van der Waals surface area contributed by atoms with Crippen LogP contribution in [0.15, 0.2) is 23.1 Å². The van der Waals surface area contributed by atoms with E-state index in [0.29, 0.717) is 37.3 Å². The van der Waals surface area contributed by atoms with Crippen LogP contribution in [-0.2, 0) is 26.0 Å². The van der Waals surface area contributed by atoms with Crippen molar-refractivity contribution in [1.82, 2.24) is 4.72 Å². The minimum absolute atomic E-state index is 0.0819. The van der Waals surface area contributed by atoms with Crippen molar-refractivity contribution in [3.05, 3.63) is 23.8 Å². The van der Waals surface area contributed by atoms with E-state index in [1.54, 1.807) is 6.07 Å². The maximum absolute atomic E-state index is 12.5. The van der Waals surface area contributed by atoms with Gasteiger partial charge in [0.15, 0.2) is 0 Å². The van der Waals surface area contributed by atoms with Crippen molar-refractivity contribution >= 4 is 21.6 Å². The zero-order valence-electron chi connectivity index (χ0n) is 12.7. The van der Waals surface area contributed by atoms with E-state index in [2.05, 4.69) is 10.0 Å². The van der Waals surface area contributed by atoms with Crippen LogP contribution in [0.3, 0.4) is 0 Å². The number of carbonyl (C=O) groups excluding carboxylic acids is 1. The van der Waals surface area contributed by atoms with Gasteiger partial charge in [0.05, 0.1) is 17.9 Å². The van der Waals surface area contributed by atoms with Gasteiger partial charge in [0.2, 0.25) is 15.9 Å². The summed E-state index contributed by atoms with van der Waals surface area (Å²) >= 11 is 0. The molecule has 1 fully saturated rings. The van der Waals surface area contributed by atoms with E-state index >= 15 is 0 Å². The maximum Gasteiger partial charge on any atom is 0.240 e.